The number of aromatic nitrogens is 2. The highest BCUT2D eigenvalue weighted by Gasteiger charge is 2.11. The van der Waals surface area contributed by atoms with Crippen molar-refractivity contribution in [3.05, 3.63) is 44.6 Å². The highest BCUT2D eigenvalue weighted by atomic mass is 16.5. The van der Waals surface area contributed by atoms with Crippen LogP contribution in [0.1, 0.15) is 30.6 Å². The van der Waals surface area contributed by atoms with Gasteiger partial charge in [0.1, 0.15) is 0 Å². The normalized spacial score (nSPS) is 11.3. The van der Waals surface area contributed by atoms with Crippen LogP contribution in [-0.4, -0.2) is 60.3 Å². The first-order chi connectivity index (χ1) is 13.0. The molecule has 2 rings (SSSR count). The van der Waals surface area contributed by atoms with Crippen molar-refractivity contribution in [3.8, 4) is 0 Å². The summed E-state index contributed by atoms with van der Waals surface area (Å²) in [6.45, 7) is 8.15. The van der Waals surface area contributed by atoms with Gasteiger partial charge in [0, 0.05) is 19.2 Å². The van der Waals surface area contributed by atoms with E-state index in [1.54, 1.807) is 18.2 Å². The van der Waals surface area contributed by atoms with Crippen molar-refractivity contribution in [1.29, 1.82) is 0 Å². The molecule has 0 saturated carbocycles. The number of nitrogens with one attached hydrogen (secondary N) is 2. The van der Waals surface area contributed by atoms with E-state index < -0.39 is 11.2 Å². The van der Waals surface area contributed by atoms with E-state index in [2.05, 4.69) is 29.0 Å². The fraction of sp³-hybridized carbons (Fsp3) is 0.526. The average molecular weight is 376 g/mol. The second-order valence-electron chi connectivity index (χ2n) is 6.28. The van der Waals surface area contributed by atoms with Crippen molar-refractivity contribution < 1.29 is 9.53 Å². The van der Waals surface area contributed by atoms with Gasteiger partial charge in [-0.1, -0.05) is 13.8 Å². The molecule has 0 radical (unpaired) electrons. The van der Waals surface area contributed by atoms with Crippen LogP contribution in [0, 0.1) is 0 Å². The number of aromatic amines is 1. The van der Waals surface area contributed by atoms with Gasteiger partial charge in [0.15, 0.2) is 0 Å². The van der Waals surface area contributed by atoms with E-state index in [1.807, 2.05) is 0 Å². The van der Waals surface area contributed by atoms with E-state index >= 15 is 0 Å². The van der Waals surface area contributed by atoms with Crippen LogP contribution < -0.4 is 16.6 Å². The van der Waals surface area contributed by atoms with Gasteiger partial charge >= 0.3 is 5.69 Å². The monoisotopic (exact) mass is 376 g/mol. The first-order valence-corrected chi connectivity index (χ1v) is 9.28. The number of ether oxygens (including phenoxy) is 1. The minimum absolute atomic E-state index is 0.176. The Balaban J connectivity index is 2.10. The van der Waals surface area contributed by atoms with Crippen molar-refractivity contribution in [2.45, 2.75) is 26.8 Å². The Labute approximate surface area is 158 Å². The number of amides is 1. The Hall–Kier alpha value is -2.45. The summed E-state index contributed by atoms with van der Waals surface area (Å²) in [5, 5.41) is 3.24. The molecule has 0 saturated heterocycles. The number of fused-ring (bicyclic) bond motifs is 1. The molecule has 1 heterocycles. The Bertz CT molecular complexity index is 883. The average Bonchev–Trinajstić information content (AvgIpc) is 2.67. The molecule has 0 aliphatic rings. The molecule has 1 aromatic carbocycles. The van der Waals surface area contributed by atoms with E-state index in [9.17, 15) is 14.4 Å². The van der Waals surface area contributed by atoms with Crippen LogP contribution in [0.15, 0.2) is 27.8 Å². The lowest BCUT2D eigenvalue weighted by molar-refractivity contribution is 0.0952. The van der Waals surface area contributed by atoms with Crippen molar-refractivity contribution in [2.24, 2.45) is 0 Å². The number of hydrogen-bond acceptors (Lipinski definition) is 5. The van der Waals surface area contributed by atoms with Crippen LogP contribution in [0.25, 0.3) is 10.9 Å². The largest absolute Gasteiger partial charge is 0.383 e. The molecule has 0 bridgehead atoms. The van der Waals surface area contributed by atoms with Gasteiger partial charge in [-0.05, 0) is 44.3 Å². The summed E-state index contributed by atoms with van der Waals surface area (Å²) in [7, 11) is 1.51. The summed E-state index contributed by atoms with van der Waals surface area (Å²) in [5.74, 6) is -0.221. The molecule has 1 aromatic heterocycles. The maximum atomic E-state index is 12.5. The Morgan fingerprint density at radius 2 is 2.00 bits per heavy atom. The van der Waals surface area contributed by atoms with Crippen LogP contribution in [0.3, 0.4) is 0 Å². The van der Waals surface area contributed by atoms with Gasteiger partial charge in [0.25, 0.3) is 11.5 Å². The van der Waals surface area contributed by atoms with Crippen LogP contribution >= 0.6 is 0 Å². The van der Waals surface area contributed by atoms with Crippen molar-refractivity contribution in [1.82, 2.24) is 19.8 Å². The predicted molar refractivity (Wildman–Crippen MR) is 105 cm³/mol. The minimum atomic E-state index is -0.513. The highest BCUT2D eigenvalue weighted by Crippen LogP contribution is 2.09. The maximum absolute atomic E-state index is 12.5. The summed E-state index contributed by atoms with van der Waals surface area (Å²) in [5.41, 5.74) is -0.136. The Morgan fingerprint density at radius 3 is 2.67 bits per heavy atom. The lowest BCUT2D eigenvalue weighted by atomic mass is 10.1. The smallest absolute Gasteiger partial charge is 0.328 e. The van der Waals surface area contributed by atoms with Gasteiger partial charge in [0.05, 0.1) is 24.1 Å². The number of rotatable bonds is 10. The van der Waals surface area contributed by atoms with Gasteiger partial charge in [-0.15, -0.1) is 0 Å². The minimum Gasteiger partial charge on any atom is -0.383 e. The third-order valence-corrected chi connectivity index (χ3v) is 4.59. The van der Waals surface area contributed by atoms with Crippen molar-refractivity contribution >= 4 is 16.8 Å². The molecule has 1 amide bonds. The molecular weight excluding hydrogens is 348 g/mol. The fourth-order valence-corrected chi connectivity index (χ4v) is 2.93. The summed E-state index contributed by atoms with van der Waals surface area (Å²) in [6, 6.07) is 4.71. The quantitative estimate of drug-likeness (QED) is 0.598. The van der Waals surface area contributed by atoms with Gasteiger partial charge in [0.2, 0.25) is 0 Å². The summed E-state index contributed by atoms with van der Waals surface area (Å²) in [6.07, 6.45) is 0.863. The lowest BCUT2D eigenvalue weighted by Crippen LogP contribution is -2.36. The maximum Gasteiger partial charge on any atom is 0.328 e. The zero-order valence-electron chi connectivity index (χ0n) is 16.2. The SMILES string of the molecule is CCN(CC)CCCNC(=O)c1ccc2c(=O)n(CCOC)c(=O)[nH]c2c1. The molecule has 0 atom stereocenters. The number of hydrogen-bond donors (Lipinski definition) is 2. The summed E-state index contributed by atoms with van der Waals surface area (Å²) in [4.78, 5) is 41.9. The summed E-state index contributed by atoms with van der Waals surface area (Å²) >= 11 is 0. The van der Waals surface area contributed by atoms with Crippen LogP contribution in [0.2, 0.25) is 0 Å². The topological polar surface area (TPSA) is 96.4 Å². The van der Waals surface area contributed by atoms with Crippen LogP contribution in [-0.2, 0) is 11.3 Å². The molecule has 2 aromatic rings. The lowest BCUT2D eigenvalue weighted by Gasteiger charge is -2.17. The van der Waals surface area contributed by atoms with Gasteiger partial charge in [-0.2, -0.15) is 0 Å². The predicted octanol–water partition coefficient (Wildman–Crippen LogP) is 0.798. The summed E-state index contributed by atoms with van der Waals surface area (Å²) < 4.78 is 6.02. The fourth-order valence-electron chi connectivity index (χ4n) is 2.93. The Kier molecular flexibility index (Phi) is 7.75. The third kappa shape index (κ3) is 5.27. The second kappa shape index (κ2) is 10.0. The van der Waals surface area contributed by atoms with Gasteiger partial charge < -0.3 is 19.9 Å². The number of carbonyl (C=O) groups excluding carboxylic acids is 1. The van der Waals surface area contributed by atoms with E-state index in [-0.39, 0.29) is 19.1 Å². The molecule has 8 nitrogen and oxygen atoms in total. The molecule has 0 fully saturated rings. The molecule has 27 heavy (non-hydrogen) atoms. The number of H-pyrrole nitrogens is 1. The number of benzene rings is 1. The molecule has 0 aliphatic carbocycles. The zero-order chi connectivity index (χ0) is 19.8. The third-order valence-electron chi connectivity index (χ3n) is 4.59. The second-order valence-corrected chi connectivity index (χ2v) is 6.28. The standard InChI is InChI=1S/C19H28N4O4/c1-4-22(5-2)10-6-9-20-17(24)14-7-8-15-16(13-14)21-19(26)23(18(15)25)11-12-27-3/h7-8,13H,4-6,9-12H2,1-3H3,(H,20,24)(H,21,26). The molecule has 0 aliphatic heterocycles. The molecule has 0 unspecified atom stereocenters. The van der Waals surface area contributed by atoms with E-state index in [4.69, 9.17) is 4.74 Å². The van der Waals surface area contributed by atoms with Crippen LogP contribution in [0.5, 0.6) is 0 Å². The molecule has 2 N–H and O–H groups in total. The van der Waals surface area contributed by atoms with Crippen LogP contribution in [0.4, 0.5) is 0 Å². The first-order valence-electron chi connectivity index (χ1n) is 9.28. The zero-order valence-corrected chi connectivity index (χ0v) is 16.2. The molecule has 148 valence electrons. The molecule has 0 spiro atoms. The number of carbonyl (C=O) groups is 1. The van der Waals surface area contributed by atoms with Crippen molar-refractivity contribution in [2.75, 3.05) is 39.9 Å². The Morgan fingerprint density at radius 1 is 1.26 bits per heavy atom. The number of nitrogens with zero attached hydrogens (tertiary/aromatic N) is 2. The first kappa shape index (κ1) is 20.9. The van der Waals surface area contributed by atoms with Gasteiger partial charge in [-0.25, -0.2) is 4.79 Å². The molecule has 8 heteroatoms. The van der Waals surface area contributed by atoms with Gasteiger partial charge in [-0.3, -0.25) is 14.2 Å². The highest BCUT2D eigenvalue weighted by molar-refractivity contribution is 5.97. The number of methoxy groups -OCH3 is 1. The van der Waals surface area contributed by atoms with E-state index in [0.29, 0.717) is 23.0 Å². The van der Waals surface area contributed by atoms with Crippen molar-refractivity contribution in [3.63, 3.8) is 0 Å². The van der Waals surface area contributed by atoms with E-state index in [0.717, 1.165) is 30.6 Å². The molecular formula is C19H28N4O4. The van der Waals surface area contributed by atoms with E-state index in [1.165, 1.54) is 7.11 Å².